The van der Waals surface area contributed by atoms with Gasteiger partial charge in [-0.05, 0) is 100 Å². The summed E-state index contributed by atoms with van der Waals surface area (Å²) in [5.41, 5.74) is 4.12. The van der Waals surface area contributed by atoms with Crippen molar-refractivity contribution in [1.29, 1.82) is 5.26 Å². The van der Waals surface area contributed by atoms with E-state index in [0.717, 1.165) is 88.6 Å². The van der Waals surface area contributed by atoms with Crippen molar-refractivity contribution in [3.8, 4) is 17.6 Å². The fraction of sp³-hybridized carbons (Fsp3) is 0.400. The number of rotatable bonds is 8. The number of aryl methyl sites for hydroxylation is 2. The highest BCUT2D eigenvalue weighted by Crippen LogP contribution is 2.51. The molecule has 3 aromatic heterocycles. The number of hydrogen-bond donors (Lipinski definition) is 2. The number of nitrogens with one attached hydrogen (secondary N) is 2. The second-order valence-corrected chi connectivity index (χ2v) is 13.8. The number of aromatic nitrogens is 3. The molecule has 0 spiro atoms. The lowest BCUT2D eigenvalue weighted by molar-refractivity contribution is -0.126. The first kappa shape index (κ1) is 29.4. The Balaban J connectivity index is 0.993. The molecular formula is C35H37N7O2S. The molecule has 1 amide bonds. The maximum atomic E-state index is 13.1. The molecule has 0 radical (unpaired) electrons. The highest BCUT2D eigenvalue weighted by atomic mass is 32.1. The minimum Gasteiger partial charge on any atom is -0.455 e. The molecule has 2 N–H and O–H groups in total. The van der Waals surface area contributed by atoms with E-state index in [1.54, 1.807) is 29.9 Å². The minimum atomic E-state index is -0.0856. The molecule has 45 heavy (non-hydrogen) atoms. The summed E-state index contributed by atoms with van der Waals surface area (Å²) in [6.07, 6.45) is 13.9. The first-order chi connectivity index (χ1) is 21.8. The number of pyridine rings is 1. The lowest BCUT2D eigenvalue weighted by Crippen LogP contribution is -2.54. The van der Waals surface area contributed by atoms with Gasteiger partial charge in [0, 0.05) is 41.0 Å². The van der Waals surface area contributed by atoms with Gasteiger partial charge in [-0.2, -0.15) is 5.26 Å². The average molecular weight is 620 g/mol. The van der Waals surface area contributed by atoms with Gasteiger partial charge in [0.05, 0.1) is 29.6 Å². The summed E-state index contributed by atoms with van der Waals surface area (Å²) in [5, 5.41) is 17.8. The van der Waals surface area contributed by atoms with E-state index in [2.05, 4.69) is 31.7 Å². The van der Waals surface area contributed by atoms with Crippen molar-refractivity contribution in [2.75, 3.05) is 18.4 Å². The number of thiophene rings is 1. The maximum Gasteiger partial charge on any atom is 0.246 e. The number of benzene rings is 1. The van der Waals surface area contributed by atoms with E-state index >= 15 is 0 Å². The standard InChI is InChI=1S/C35H37N7O2S/c1-23-18-25(6-8-28(23)44-26-7-5-24(2)37-19-26)41-32-31-27-9-17-42(20-29(27)45-33(31)39-22-38-32)30(43)4-3-16-40-35-13-10-34(21-36,11-14-35)12-15-35/h3-8,18-19,22,40H,9-17,20H2,1-2H3,(H,38,39,41)/b4-3+. The molecule has 10 heteroatoms. The highest BCUT2D eigenvalue weighted by molar-refractivity contribution is 7.19. The van der Waals surface area contributed by atoms with Crippen LogP contribution in [0.5, 0.6) is 11.5 Å². The van der Waals surface area contributed by atoms with Gasteiger partial charge in [0.25, 0.3) is 0 Å². The quantitative estimate of drug-likeness (QED) is 0.205. The van der Waals surface area contributed by atoms with Crippen LogP contribution in [0.25, 0.3) is 10.2 Å². The number of carbonyl (C=O) groups excluding carboxylic acids is 1. The van der Waals surface area contributed by atoms with Crippen LogP contribution in [0, 0.1) is 30.6 Å². The third-order valence-corrected chi connectivity index (χ3v) is 11.0. The van der Waals surface area contributed by atoms with Crippen LogP contribution in [0.15, 0.2) is 55.0 Å². The number of amides is 1. The lowest BCUT2D eigenvalue weighted by atomic mass is 9.58. The number of anilines is 2. The van der Waals surface area contributed by atoms with Gasteiger partial charge in [0.2, 0.25) is 5.91 Å². The van der Waals surface area contributed by atoms with Crippen LogP contribution < -0.4 is 15.4 Å². The second-order valence-electron chi connectivity index (χ2n) is 12.7. The van der Waals surface area contributed by atoms with Crippen molar-refractivity contribution < 1.29 is 9.53 Å². The summed E-state index contributed by atoms with van der Waals surface area (Å²) in [5.74, 6) is 2.29. The van der Waals surface area contributed by atoms with Gasteiger partial charge >= 0.3 is 0 Å². The van der Waals surface area contributed by atoms with Crippen LogP contribution in [0.2, 0.25) is 0 Å². The van der Waals surface area contributed by atoms with Gasteiger partial charge in [0.15, 0.2) is 0 Å². The van der Waals surface area contributed by atoms with Crippen molar-refractivity contribution in [2.45, 2.75) is 70.9 Å². The van der Waals surface area contributed by atoms with Crippen molar-refractivity contribution >= 4 is 39.0 Å². The highest BCUT2D eigenvalue weighted by Gasteiger charge is 2.48. The van der Waals surface area contributed by atoms with Crippen LogP contribution in [0.1, 0.15) is 60.2 Å². The van der Waals surface area contributed by atoms with Crippen LogP contribution in [-0.2, 0) is 17.8 Å². The molecule has 0 unspecified atom stereocenters. The topological polar surface area (TPSA) is 116 Å². The van der Waals surface area contributed by atoms with Gasteiger partial charge < -0.3 is 20.3 Å². The maximum absolute atomic E-state index is 13.1. The normalized spacial score (nSPS) is 22.4. The fourth-order valence-electron chi connectivity index (χ4n) is 6.99. The molecular weight excluding hydrogens is 582 g/mol. The Bertz CT molecular complexity index is 1800. The molecule has 4 aliphatic rings. The summed E-state index contributed by atoms with van der Waals surface area (Å²) >= 11 is 1.64. The fourth-order valence-corrected chi connectivity index (χ4v) is 8.19. The van der Waals surface area contributed by atoms with Gasteiger partial charge in [0.1, 0.15) is 28.5 Å². The number of nitriles is 1. The Morgan fingerprint density at radius 2 is 1.93 bits per heavy atom. The monoisotopic (exact) mass is 619 g/mol. The average Bonchev–Trinajstić information content (AvgIpc) is 3.45. The molecule has 4 aromatic rings. The van der Waals surface area contributed by atoms with Gasteiger partial charge in [-0.15, -0.1) is 11.3 Å². The minimum absolute atomic E-state index is 0.0387. The van der Waals surface area contributed by atoms with E-state index in [-0.39, 0.29) is 16.9 Å². The molecule has 8 rings (SSSR count). The summed E-state index contributed by atoms with van der Waals surface area (Å²) in [4.78, 5) is 30.6. The SMILES string of the molecule is Cc1ccc(Oc2ccc(Nc3ncnc4sc5c(c34)CCN(C(=O)/C=C/CNC34CCC(C#N)(CC3)CC4)C5)cc2C)cn1. The van der Waals surface area contributed by atoms with Crippen LogP contribution in [-0.4, -0.2) is 44.4 Å². The number of ether oxygens (including phenoxy) is 1. The van der Waals surface area contributed by atoms with Crippen LogP contribution in [0.3, 0.4) is 0 Å². The molecule has 0 saturated heterocycles. The number of carbonyl (C=O) groups is 1. The van der Waals surface area contributed by atoms with Crippen molar-refractivity contribution in [1.82, 2.24) is 25.2 Å². The van der Waals surface area contributed by atoms with Crippen molar-refractivity contribution in [2.24, 2.45) is 5.41 Å². The predicted octanol–water partition coefficient (Wildman–Crippen LogP) is 6.89. The number of nitrogens with zero attached hydrogens (tertiary/aromatic N) is 5. The number of hydrogen-bond acceptors (Lipinski definition) is 9. The van der Waals surface area contributed by atoms with Gasteiger partial charge in [-0.1, -0.05) is 6.08 Å². The molecule has 1 aromatic carbocycles. The predicted molar refractivity (Wildman–Crippen MR) is 176 cm³/mol. The van der Waals surface area contributed by atoms with Crippen LogP contribution >= 0.6 is 11.3 Å². The van der Waals surface area contributed by atoms with E-state index in [1.165, 1.54) is 5.56 Å². The first-order valence-electron chi connectivity index (χ1n) is 15.7. The summed E-state index contributed by atoms with van der Waals surface area (Å²) in [6, 6.07) is 12.4. The smallest absolute Gasteiger partial charge is 0.246 e. The Kier molecular flexibility index (Phi) is 7.76. The summed E-state index contributed by atoms with van der Waals surface area (Å²) in [7, 11) is 0. The third kappa shape index (κ3) is 5.90. The van der Waals surface area contributed by atoms with E-state index in [4.69, 9.17) is 4.74 Å². The molecule has 4 heterocycles. The Labute approximate surface area is 267 Å². The Morgan fingerprint density at radius 3 is 2.67 bits per heavy atom. The van der Waals surface area contributed by atoms with E-state index in [0.29, 0.717) is 25.4 Å². The third-order valence-electron chi connectivity index (χ3n) is 9.84. The summed E-state index contributed by atoms with van der Waals surface area (Å²) < 4.78 is 6.04. The molecule has 3 fully saturated rings. The van der Waals surface area contributed by atoms with E-state index in [9.17, 15) is 10.1 Å². The summed E-state index contributed by atoms with van der Waals surface area (Å²) in [6.45, 7) is 5.87. The zero-order valence-corrected chi connectivity index (χ0v) is 26.5. The molecule has 3 saturated carbocycles. The molecule has 230 valence electrons. The molecule has 1 aliphatic heterocycles. The van der Waals surface area contributed by atoms with Crippen molar-refractivity contribution in [3.63, 3.8) is 0 Å². The van der Waals surface area contributed by atoms with Gasteiger partial charge in [-0.3, -0.25) is 9.78 Å². The molecule has 3 aliphatic carbocycles. The second kappa shape index (κ2) is 11.9. The Hall–Kier alpha value is -4.33. The molecule has 9 nitrogen and oxygen atoms in total. The van der Waals surface area contributed by atoms with Crippen LogP contribution in [0.4, 0.5) is 11.5 Å². The molecule has 0 atom stereocenters. The first-order valence-corrected chi connectivity index (χ1v) is 16.5. The zero-order valence-electron chi connectivity index (χ0n) is 25.7. The molecule has 2 bridgehead atoms. The van der Waals surface area contributed by atoms with E-state index < -0.39 is 0 Å². The lowest BCUT2D eigenvalue weighted by Gasteiger charge is -2.50. The van der Waals surface area contributed by atoms with E-state index in [1.807, 2.05) is 55.2 Å². The van der Waals surface area contributed by atoms with Gasteiger partial charge in [-0.25, -0.2) is 9.97 Å². The zero-order chi connectivity index (χ0) is 31.0. The largest absolute Gasteiger partial charge is 0.455 e. The van der Waals surface area contributed by atoms with Crippen molar-refractivity contribution in [3.05, 3.63) is 76.7 Å². The number of fused-ring (bicyclic) bond motifs is 6. The Morgan fingerprint density at radius 1 is 1.11 bits per heavy atom.